The molecule has 9 heteroatoms. The highest BCUT2D eigenvalue weighted by atomic mass is 16.8. The normalized spacial score (nSPS) is 13.3. The van der Waals surface area contributed by atoms with E-state index in [1.165, 1.54) is 0 Å². The Morgan fingerprint density at radius 3 is 3.00 bits per heavy atom. The van der Waals surface area contributed by atoms with E-state index in [4.69, 9.17) is 16.1 Å². The van der Waals surface area contributed by atoms with E-state index >= 15 is 0 Å². The van der Waals surface area contributed by atoms with Crippen LogP contribution in [-0.2, 0) is 4.94 Å². The highest BCUT2D eigenvalue weighted by molar-refractivity contribution is 5.84. The summed E-state index contributed by atoms with van der Waals surface area (Å²) in [6.45, 7) is 0. The van der Waals surface area contributed by atoms with Crippen LogP contribution in [-0.4, -0.2) is 15.3 Å². The monoisotopic (exact) mass is 207 g/mol. The van der Waals surface area contributed by atoms with E-state index in [0.29, 0.717) is 11.5 Å². The molecule has 0 spiro atoms. The van der Waals surface area contributed by atoms with Crippen LogP contribution in [0.3, 0.4) is 0 Å². The van der Waals surface area contributed by atoms with Gasteiger partial charge >= 0.3 is 0 Å². The number of aromatic nitrogens is 3. The van der Waals surface area contributed by atoms with Crippen molar-refractivity contribution < 1.29 is 9.57 Å². The molecular weight excluding hydrogens is 202 g/mol. The summed E-state index contributed by atoms with van der Waals surface area (Å²) in [5.74, 6) is 0.340. The first-order valence-corrected chi connectivity index (χ1v) is 3.96. The van der Waals surface area contributed by atoms with Gasteiger partial charge in [-0.2, -0.15) is 4.94 Å². The Labute approximate surface area is 81.6 Å². The number of nitrogen functional groups attached to an aromatic ring is 1. The second-order valence-electron chi connectivity index (χ2n) is 2.87. The molecule has 0 bridgehead atoms. The largest absolute Gasteiger partial charge is 0.395 e. The maximum atomic E-state index is 7.74. The second-order valence-corrected chi connectivity index (χ2v) is 2.87. The molecule has 1 aliphatic heterocycles. The zero-order valence-electron chi connectivity index (χ0n) is 7.24. The third kappa shape index (κ3) is 0.942. The molecule has 2 aromatic rings. The molecule has 0 radical (unpaired) electrons. The lowest BCUT2D eigenvalue weighted by molar-refractivity contribution is 0.281. The molecule has 9 nitrogen and oxygen atoms in total. The van der Waals surface area contributed by atoms with Gasteiger partial charge in [-0.05, 0) is 10.3 Å². The van der Waals surface area contributed by atoms with Gasteiger partial charge in [0.05, 0.1) is 5.69 Å². The van der Waals surface area contributed by atoms with Gasteiger partial charge < -0.3 is 5.73 Å². The average molecular weight is 207 g/mol. The highest BCUT2D eigenvalue weighted by Gasteiger charge is 2.18. The van der Waals surface area contributed by atoms with Crippen molar-refractivity contribution in [2.75, 3.05) is 16.7 Å². The molecule has 0 fully saturated rings. The van der Waals surface area contributed by atoms with Crippen molar-refractivity contribution in [1.82, 2.24) is 15.3 Å². The molecule has 2 aromatic heterocycles. The van der Waals surface area contributed by atoms with E-state index < -0.39 is 0 Å². The topological polar surface area (TPSA) is 135 Å². The van der Waals surface area contributed by atoms with Gasteiger partial charge in [0, 0.05) is 0 Å². The molecule has 0 aromatic carbocycles. The van der Waals surface area contributed by atoms with E-state index in [1.807, 2.05) is 0 Å². The van der Waals surface area contributed by atoms with Crippen molar-refractivity contribution in [3.05, 3.63) is 5.36 Å². The Balaban J connectivity index is 2.57. The number of nitrogens with two attached hydrogens (primary N) is 1. The summed E-state index contributed by atoms with van der Waals surface area (Å²) in [6, 6.07) is 0. The van der Waals surface area contributed by atoms with Crippen LogP contribution >= 0.6 is 0 Å². The number of hydrogen-bond acceptors (Lipinski definition) is 9. The van der Waals surface area contributed by atoms with Crippen LogP contribution in [0.5, 0.6) is 0 Å². The average Bonchev–Trinajstić information content (AvgIpc) is 2.83. The molecule has 0 aliphatic carbocycles. The quantitative estimate of drug-likeness (QED) is 0.448. The van der Waals surface area contributed by atoms with Gasteiger partial charge in [-0.25, -0.2) is 20.6 Å². The van der Waals surface area contributed by atoms with Crippen LogP contribution in [0.4, 0.5) is 17.2 Å². The SMILES string of the molecule is N=c1c(N)c2c(nc3nonc13)NON2. The Kier molecular flexibility index (Phi) is 1.35. The van der Waals surface area contributed by atoms with Crippen molar-refractivity contribution in [2.24, 2.45) is 0 Å². The lowest BCUT2D eigenvalue weighted by Gasteiger charge is -1.93. The minimum atomic E-state index is -0.0141. The molecule has 76 valence electrons. The molecule has 5 N–H and O–H groups in total. The molecule has 0 unspecified atom stereocenters. The van der Waals surface area contributed by atoms with E-state index in [-0.39, 0.29) is 22.2 Å². The lowest BCUT2D eigenvalue weighted by Crippen LogP contribution is -2.08. The first-order chi connectivity index (χ1) is 7.27. The number of rotatable bonds is 0. The molecular formula is C6H5N7O2. The summed E-state index contributed by atoms with van der Waals surface area (Å²) < 4.78 is 4.48. The fraction of sp³-hybridized carbons (Fsp3) is 0. The third-order valence-corrected chi connectivity index (χ3v) is 2.00. The predicted octanol–water partition coefficient (Wildman–Crippen LogP) is -0.637. The Morgan fingerprint density at radius 1 is 1.27 bits per heavy atom. The van der Waals surface area contributed by atoms with Crippen molar-refractivity contribution >= 4 is 28.4 Å². The van der Waals surface area contributed by atoms with Gasteiger partial charge in [0.25, 0.3) is 0 Å². The summed E-state index contributed by atoms with van der Waals surface area (Å²) in [7, 11) is 0. The third-order valence-electron chi connectivity index (χ3n) is 2.00. The number of fused-ring (bicyclic) bond motifs is 2. The van der Waals surface area contributed by atoms with Gasteiger partial charge in [-0.3, -0.25) is 5.41 Å². The zero-order valence-corrected chi connectivity index (χ0v) is 7.24. The fourth-order valence-corrected chi connectivity index (χ4v) is 1.26. The van der Waals surface area contributed by atoms with Crippen molar-refractivity contribution in [3.8, 4) is 0 Å². The van der Waals surface area contributed by atoms with Crippen molar-refractivity contribution in [3.63, 3.8) is 0 Å². The van der Waals surface area contributed by atoms with Crippen LogP contribution in [0, 0.1) is 5.41 Å². The number of hydrogen-bond donors (Lipinski definition) is 4. The smallest absolute Gasteiger partial charge is 0.228 e. The first-order valence-electron chi connectivity index (χ1n) is 3.96. The molecule has 0 saturated heterocycles. The molecule has 0 amide bonds. The Hall–Kier alpha value is -2.42. The number of anilines is 3. The number of nitrogens with one attached hydrogen (secondary N) is 3. The maximum absolute atomic E-state index is 7.74. The maximum Gasteiger partial charge on any atom is 0.228 e. The fourth-order valence-electron chi connectivity index (χ4n) is 1.26. The molecule has 3 rings (SSSR count). The first kappa shape index (κ1) is 7.94. The minimum absolute atomic E-state index is 0.0141. The number of nitrogens with zero attached hydrogens (tertiary/aromatic N) is 3. The minimum Gasteiger partial charge on any atom is -0.395 e. The van der Waals surface area contributed by atoms with Gasteiger partial charge in [0.2, 0.25) is 5.65 Å². The van der Waals surface area contributed by atoms with E-state index in [0.717, 1.165) is 0 Å². The molecule has 0 saturated carbocycles. The van der Waals surface area contributed by atoms with Gasteiger partial charge in [0.1, 0.15) is 11.0 Å². The zero-order chi connectivity index (χ0) is 10.4. The summed E-state index contributed by atoms with van der Waals surface area (Å²) in [5.41, 5.74) is 11.6. The molecule has 0 atom stereocenters. The van der Waals surface area contributed by atoms with Crippen molar-refractivity contribution in [1.29, 1.82) is 5.41 Å². The molecule has 3 heterocycles. The van der Waals surface area contributed by atoms with Gasteiger partial charge in [0.15, 0.2) is 11.3 Å². The summed E-state index contributed by atoms with van der Waals surface area (Å²) >= 11 is 0. The van der Waals surface area contributed by atoms with E-state index in [1.54, 1.807) is 0 Å². The standard InChI is InChI=1S/C6H5N7O2/c7-1-2(8)4-6(13-15-11-4)9-5-3(1)10-14-12-5/h7,11H,8H2,(H,9,12,13). The van der Waals surface area contributed by atoms with Crippen LogP contribution in [0.15, 0.2) is 4.63 Å². The lowest BCUT2D eigenvalue weighted by atomic mass is 10.3. The highest BCUT2D eigenvalue weighted by Crippen LogP contribution is 2.28. The van der Waals surface area contributed by atoms with Crippen LogP contribution in [0.25, 0.3) is 11.2 Å². The van der Waals surface area contributed by atoms with E-state index in [9.17, 15) is 0 Å². The van der Waals surface area contributed by atoms with Gasteiger partial charge in [-0.1, -0.05) is 0 Å². The van der Waals surface area contributed by atoms with Crippen LogP contribution in [0.2, 0.25) is 0 Å². The summed E-state index contributed by atoms with van der Waals surface area (Å²) in [4.78, 5) is 8.75. The summed E-state index contributed by atoms with van der Waals surface area (Å²) in [6.07, 6.45) is 0. The predicted molar refractivity (Wildman–Crippen MR) is 48.2 cm³/mol. The van der Waals surface area contributed by atoms with Crippen LogP contribution < -0.4 is 22.1 Å². The Bertz CT molecular complexity index is 606. The Morgan fingerprint density at radius 2 is 2.13 bits per heavy atom. The van der Waals surface area contributed by atoms with Crippen molar-refractivity contribution in [2.45, 2.75) is 0 Å². The molecule has 1 aliphatic rings. The second kappa shape index (κ2) is 2.54. The summed E-state index contributed by atoms with van der Waals surface area (Å²) in [5, 5.41) is 14.8. The van der Waals surface area contributed by atoms with Gasteiger partial charge in [-0.15, -0.1) is 0 Å². The van der Waals surface area contributed by atoms with E-state index in [2.05, 4.69) is 30.9 Å². The molecule has 15 heavy (non-hydrogen) atoms. The van der Waals surface area contributed by atoms with Crippen LogP contribution in [0.1, 0.15) is 0 Å².